The van der Waals surface area contributed by atoms with E-state index in [9.17, 15) is 13.2 Å². The average molecular weight is 502 g/mol. The van der Waals surface area contributed by atoms with Gasteiger partial charge in [0.15, 0.2) is 5.65 Å². The molecule has 2 fully saturated rings. The number of methoxy groups -OCH3 is 2. The fourth-order valence-corrected chi connectivity index (χ4v) is 6.94. The minimum Gasteiger partial charge on any atom is -0.497 e. The summed E-state index contributed by atoms with van der Waals surface area (Å²) in [6, 6.07) is 4.97. The summed E-state index contributed by atoms with van der Waals surface area (Å²) in [4.78, 5) is 20.7. The third-order valence-electron chi connectivity index (χ3n) is 7.16. The Kier molecular flexibility index (Phi) is 6.54. The molecule has 1 aliphatic carbocycles. The first-order chi connectivity index (χ1) is 16.9. The number of aromatic amines is 1. The fourth-order valence-electron chi connectivity index (χ4n) is 5.25. The molecule has 1 atom stereocenters. The van der Waals surface area contributed by atoms with Crippen LogP contribution in [0.3, 0.4) is 0 Å². The van der Waals surface area contributed by atoms with Gasteiger partial charge in [-0.3, -0.25) is 4.79 Å². The first kappa shape index (κ1) is 23.8. The number of hydrogen-bond donors (Lipinski definition) is 1. The van der Waals surface area contributed by atoms with E-state index in [-0.39, 0.29) is 34.7 Å². The monoisotopic (exact) mass is 501 g/mol. The number of benzene rings is 1. The number of sulfonamides is 1. The molecule has 1 aromatic carbocycles. The van der Waals surface area contributed by atoms with E-state index in [1.54, 1.807) is 18.3 Å². The molecule has 188 valence electrons. The van der Waals surface area contributed by atoms with Crippen molar-refractivity contribution in [1.82, 2.24) is 24.1 Å². The molecule has 1 saturated heterocycles. The number of piperidine rings is 1. The summed E-state index contributed by atoms with van der Waals surface area (Å²) in [7, 11) is -0.919. The number of nitrogens with one attached hydrogen (secondary N) is 1. The zero-order valence-electron chi connectivity index (χ0n) is 20.1. The molecule has 2 aromatic heterocycles. The highest BCUT2D eigenvalue weighted by atomic mass is 32.2. The van der Waals surface area contributed by atoms with Crippen LogP contribution in [0.15, 0.2) is 34.1 Å². The van der Waals surface area contributed by atoms with Crippen molar-refractivity contribution >= 4 is 21.1 Å². The number of rotatable bonds is 6. The van der Waals surface area contributed by atoms with E-state index >= 15 is 0 Å². The molecule has 3 aromatic rings. The van der Waals surface area contributed by atoms with Crippen molar-refractivity contribution in [3.05, 3.63) is 40.6 Å². The Morgan fingerprint density at radius 3 is 2.60 bits per heavy atom. The van der Waals surface area contributed by atoms with Crippen molar-refractivity contribution < 1.29 is 17.9 Å². The van der Waals surface area contributed by atoms with Gasteiger partial charge in [0, 0.05) is 25.1 Å². The minimum atomic E-state index is -3.85. The Morgan fingerprint density at radius 1 is 1.06 bits per heavy atom. The zero-order valence-corrected chi connectivity index (χ0v) is 20.9. The van der Waals surface area contributed by atoms with E-state index in [1.165, 1.54) is 31.0 Å². The predicted molar refractivity (Wildman–Crippen MR) is 131 cm³/mol. The first-order valence-corrected chi connectivity index (χ1v) is 13.6. The van der Waals surface area contributed by atoms with Crippen LogP contribution in [0.4, 0.5) is 0 Å². The van der Waals surface area contributed by atoms with Gasteiger partial charge in [-0.05, 0) is 37.8 Å². The summed E-state index contributed by atoms with van der Waals surface area (Å²) < 4.78 is 41.1. The van der Waals surface area contributed by atoms with Crippen LogP contribution in [0.1, 0.15) is 62.7 Å². The molecule has 0 radical (unpaired) electrons. The molecule has 1 N–H and O–H groups in total. The maximum atomic E-state index is 13.6. The molecular weight excluding hydrogens is 470 g/mol. The minimum absolute atomic E-state index is 0.0623. The lowest BCUT2D eigenvalue weighted by molar-refractivity contribution is 0.306. The number of aromatic nitrogens is 4. The summed E-state index contributed by atoms with van der Waals surface area (Å²) in [6.45, 7) is 0.598. The third-order valence-corrected chi connectivity index (χ3v) is 9.05. The van der Waals surface area contributed by atoms with Crippen LogP contribution < -0.4 is 15.0 Å². The smallest absolute Gasteiger partial charge is 0.262 e. The topological polar surface area (TPSA) is 119 Å². The van der Waals surface area contributed by atoms with Crippen LogP contribution in [0.25, 0.3) is 11.0 Å². The van der Waals surface area contributed by atoms with Crippen LogP contribution in [0.5, 0.6) is 11.5 Å². The van der Waals surface area contributed by atoms with Crippen LogP contribution in [0, 0.1) is 0 Å². The van der Waals surface area contributed by atoms with Gasteiger partial charge in [0.2, 0.25) is 10.0 Å². The van der Waals surface area contributed by atoms with E-state index in [4.69, 9.17) is 14.5 Å². The van der Waals surface area contributed by atoms with Gasteiger partial charge < -0.3 is 14.5 Å². The second kappa shape index (κ2) is 9.62. The van der Waals surface area contributed by atoms with Gasteiger partial charge in [0.1, 0.15) is 27.6 Å². The van der Waals surface area contributed by atoms with Gasteiger partial charge in [-0.15, -0.1) is 0 Å². The van der Waals surface area contributed by atoms with Crippen LogP contribution >= 0.6 is 0 Å². The molecule has 1 unspecified atom stereocenters. The number of fused-ring (bicyclic) bond motifs is 1. The second-order valence-corrected chi connectivity index (χ2v) is 11.2. The van der Waals surface area contributed by atoms with Crippen molar-refractivity contribution in [3.63, 3.8) is 0 Å². The van der Waals surface area contributed by atoms with Crippen molar-refractivity contribution in [1.29, 1.82) is 0 Å². The largest absolute Gasteiger partial charge is 0.497 e. The molecule has 0 bridgehead atoms. The van der Waals surface area contributed by atoms with Gasteiger partial charge in [0.25, 0.3) is 5.56 Å². The number of H-pyrrole nitrogens is 1. The maximum absolute atomic E-state index is 13.6. The van der Waals surface area contributed by atoms with Gasteiger partial charge in [-0.2, -0.15) is 9.40 Å². The normalized spacial score (nSPS) is 20.2. The molecule has 11 heteroatoms. The summed E-state index contributed by atoms with van der Waals surface area (Å²) in [5.41, 5.74) is 0.353. The van der Waals surface area contributed by atoms with Gasteiger partial charge in [0.05, 0.1) is 26.5 Å². The zero-order chi connectivity index (χ0) is 24.6. The highest BCUT2D eigenvalue weighted by molar-refractivity contribution is 7.89. The Balaban J connectivity index is 1.47. The first-order valence-electron chi connectivity index (χ1n) is 12.1. The fraction of sp³-hybridized carbons (Fsp3) is 0.542. The molecule has 3 heterocycles. The molecule has 1 saturated carbocycles. The lowest BCUT2D eigenvalue weighted by atomic mass is 9.96. The van der Waals surface area contributed by atoms with Crippen molar-refractivity contribution in [2.45, 2.75) is 61.8 Å². The molecule has 1 aliphatic heterocycles. The van der Waals surface area contributed by atoms with Crippen LogP contribution in [-0.4, -0.2) is 59.8 Å². The molecule has 0 amide bonds. The summed E-state index contributed by atoms with van der Waals surface area (Å²) in [5.74, 6) is 0.974. The molecular formula is C24H31N5O5S. The van der Waals surface area contributed by atoms with Crippen molar-refractivity contribution in [3.8, 4) is 11.5 Å². The van der Waals surface area contributed by atoms with Crippen LogP contribution in [-0.2, 0) is 10.0 Å². The van der Waals surface area contributed by atoms with E-state index in [1.807, 2.05) is 4.68 Å². The summed E-state index contributed by atoms with van der Waals surface area (Å²) in [5, 5.41) is 4.97. The van der Waals surface area contributed by atoms with Crippen molar-refractivity contribution in [2.75, 3.05) is 27.3 Å². The number of ether oxygens (including phenoxy) is 2. The van der Waals surface area contributed by atoms with E-state index in [2.05, 4.69) is 10.1 Å². The van der Waals surface area contributed by atoms with E-state index < -0.39 is 10.0 Å². The second-order valence-electron chi connectivity index (χ2n) is 9.29. The number of hydrogen-bond acceptors (Lipinski definition) is 7. The van der Waals surface area contributed by atoms with E-state index in [0.717, 1.165) is 32.1 Å². The lowest BCUT2D eigenvalue weighted by Gasteiger charge is -2.31. The maximum Gasteiger partial charge on any atom is 0.262 e. The molecule has 5 rings (SSSR count). The van der Waals surface area contributed by atoms with Gasteiger partial charge >= 0.3 is 0 Å². The Morgan fingerprint density at radius 2 is 1.86 bits per heavy atom. The highest BCUT2D eigenvalue weighted by Crippen LogP contribution is 2.35. The Hall–Kier alpha value is -2.92. The quantitative estimate of drug-likeness (QED) is 0.551. The van der Waals surface area contributed by atoms with Crippen molar-refractivity contribution in [2.24, 2.45) is 0 Å². The molecule has 35 heavy (non-hydrogen) atoms. The lowest BCUT2D eigenvalue weighted by Crippen LogP contribution is -2.40. The number of nitrogens with zero attached hydrogens (tertiary/aromatic N) is 4. The summed E-state index contributed by atoms with van der Waals surface area (Å²) in [6.07, 6.45) is 8.53. The van der Waals surface area contributed by atoms with Gasteiger partial charge in [-0.25, -0.2) is 18.1 Å². The standard InChI is InChI=1S/C24H31N5O5S/c1-33-18-10-11-20(34-2)21(13-18)35(31,32)28-12-6-7-16(15-28)22-26-23-19(24(30)27-22)14-25-29(23)17-8-4-3-5-9-17/h10-11,13-14,16-17H,3-9,12,15H2,1-2H3,(H,26,27,30). The SMILES string of the molecule is COc1ccc(OC)c(S(=O)(=O)N2CCCC(c3nc4c(cnn4C4CCCCC4)c(=O)[nH]3)C2)c1. The molecule has 10 nitrogen and oxygen atoms in total. The predicted octanol–water partition coefficient (Wildman–Crippen LogP) is 3.21. The summed E-state index contributed by atoms with van der Waals surface area (Å²) >= 11 is 0. The average Bonchev–Trinajstić information content (AvgIpc) is 3.33. The molecule has 2 aliphatic rings. The Bertz CT molecular complexity index is 1380. The Labute approximate surface area is 204 Å². The highest BCUT2D eigenvalue weighted by Gasteiger charge is 2.34. The third kappa shape index (κ3) is 4.42. The molecule has 0 spiro atoms. The van der Waals surface area contributed by atoms with Crippen LogP contribution in [0.2, 0.25) is 0 Å². The van der Waals surface area contributed by atoms with E-state index in [0.29, 0.717) is 35.6 Å². The van der Waals surface area contributed by atoms with Gasteiger partial charge in [-0.1, -0.05) is 19.3 Å².